The molecule has 0 bridgehead atoms. The number of fused-ring (bicyclic) bond motifs is 1. The SMILES string of the molecule is CN(C(=O)[C@@H](Cc1ccccc1)NC(=O)[C@@H](N)CC1C=NC=N1)[C@@H](CCCN=C(N)N)C(=O)N[C@@H](Cc1c[nH]c2ccccc12)C(N)=O. The Morgan fingerprint density at radius 2 is 1.67 bits per heavy atom. The van der Waals surface area contributed by atoms with Gasteiger partial charge in [0, 0.05) is 49.7 Å². The Balaban J connectivity index is 1.55. The molecule has 0 saturated heterocycles. The lowest BCUT2D eigenvalue weighted by molar-refractivity contribution is -0.142. The molecule has 3 aromatic rings. The number of aromatic nitrogens is 1. The van der Waals surface area contributed by atoms with Crippen LogP contribution in [0.15, 0.2) is 75.8 Å². The summed E-state index contributed by atoms with van der Waals surface area (Å²) >= 11 is 0. The summed E-state index contributed by atoms with van der Waals surface area (Å²) in [5.74, 6) is -2.52. The Morgan fingerprint density at radius 1 is 0.958 bits per heavy atom. The van der Waals surface area contributed by atoms with E-state index in [1.54, 1.807) is 12.4 Å². The van der Waals surface area contributed by atoms with E-state index in [1.165, 1.54) is 18.3 Å². The standard InChI is InChI=1S/C33H43N11O4/c1-44(32(48)27(14-20-8-3-2-4-9-20)43-30(46)24(34)16-22-18-38-19-41-22)28(12-7-13-39-33(36)37)31(47)42-26(29(35)45)15-21-17-40-25-11-6-5-10-23(21)25/h2-6,8-11,17-19,22,24,26-28,40H,7,12-16,34H2,1H3,(H2,35,45)(H,42,47)(H,43,46)(H4,36,37,39)/t22?,24-,26-,27+,28-/m0/s1. The number of nitrogens with zero attached hydrogens (tertiary/aromatic N) is 4. The number of likely N-dealkylation sites (N-methyl/N-ethyl adjacent to an activating group) is 1. The van der Waals surface area contributed by atoms with Gasteiger partial charge in [-0.05, 0) is 36.5 Å². The molecule has 11 N–H and O–H groups in total. The normalized spacial score (nSPS) is 16.1. The van der Waals surface area contributed by atoms with Crippen LogP contribution in [0.1, 0.15) is 30.4 Å². The number of rotatable bonds is 17. The molecule has 15 nitrogen and oxygen atoms in total. The molecule has 254 valence electrons. The molecule has 15 heteroatoms. The van der Waals surface area contributed by atoms with Crippen LogP contribution in [0.4, 0.5) is 0 Å². The lowest BCUT2D eigenvalue weighted by atomic mass is 10.0. The van der Waals surface area contributed by atoms with Crippen molar-refractivity contribution < 1.29 is 19.2 Å². The molecular formula is C33H43N11O4. The van der Waals surface area contributed by atoms with E-state index in [-0.39, 0.29) is 44.2 Å². The van der Waals surface area contributed by atoms with E-state index in [9.17, 15) is 19.2 Å². The first kappa shape index (κ1) is 35.3. The van der Waals surface area contributed by atoms with Crippen molar-refractivity contribution in [3.05, 3.63) is 71.9 Å². The summed E-state index contributed by atoms with van der Waals surface area (Å²) < 4.78 is 0. The van der Waals surface area contributed by atoms with Crippen molar-refractivity contribution in [1.29, 1.82) is 0 Å². The first-order valence-corrected chi connectivity index (χ1v) is 15.6. The van der Waals surface area contributed by atoms with Gasteiger partial charge >= 0.3 is 0 Å². The summed E-state index contributed by atoms with van der Waals surface area (Å²) in [7, 11) is 1.47. The lowest BCUT2D eigenvalue weighted by Gasteiger charge is -2.32. The molecule has 48 heavy (non-hydrogen) atoms. The van der Waals surface area contributed by atoms with Gasteiger partial charge in [0.25, 0.3) is 0 Å². The molecule has 1 aliphatic heterocycles. The van der Waals surface area contributed by atoms with Crippen LogP contribution in [0.25, 0.3) is 10.9 Å². The first-order chi connectivity index (χ1) is 23.0. The quantitative estimate of drug-likeness (QED) is 0.0568. The fourth-order valence-electron chi connectivity index (χ4n) is 5.52. The minimum absolute atomic E-state index is 0.107. The number of para-hydroxylation sites is 1. The molecule has 0 fully saturated rings. The molecule has 0 spiro atoms. The van der Waals surface area contributed by atoms with Crippen LogP contribution >= 0.6 is 0 Å². The third kappa shape index (κ3) is 9.72. The van der Waals surface area contributed by atoms with Gasteiger partial charge in [-0.2, -0.15) is 0 Å². The van der Waals surface area contributed by atoms with Crippen LogP contribution < -0.4 is 33.6 Å². The Morgan fingerprint density at radius 3 is 2.35 bits per heavy atom. The fraction of sp³-hybridized carbons (Fsp3) is 0.364. The van der Waals surface area contributed by atoms with Crippen molar-refractivity contribution in [2.24, 2.45) is 37.9 Å². The van der Waals surface area contributed by atoms with Gasteiger partial charge in [0.2, 0.25) is 23.6 Å². The number of carbonyl (C=O) groups excluding carboxylic acids is 4. The molecule has 1 aliphatic rings. The predicted octanol–water partition coefficient (Wildman–Crippen LogP) is -0.513. The highest BCUT2D eigenvalue weighted by Crippen LogP contribution is 2.20. The third-order valence-electron chi connectivity index (χ3n) is 8.12. The zero-order valence-electron chi connectivity index (χ0n) is 26.8. The monoisotopic (exact) mass is 657 g/mol. The van der Waals surface area contributed by atoms with Crippen molar-refractivity contribution in [3.8, 4) is 0 Å². The van der Waals surface area contributed by atoms with Gasteiger partial charge < -0.3 is 43.5 Å². The number of amides is 4. The van der Waals surface area contributed by atoms with E-state index in [0.29, 0.717) is 6.42 Å². The number of hydrogen-bond acceptors (Lipinski definition) is 8. The van der Waals surface area contributed by atoms with Crippen molar-refractivity contribution in [2.45, 2.75) is 62.3 Å². The Labute approximate surface area is 278 Å². The van der Waals surface area contributed by atoms with Gasteiger partial charge in [0.1, 0.15) is 24.5 Å². The largest absolute Gasteiger partial charge is 0.370 e. The van der Waals surface area contributed by atoms with Crippen LogP contribution in [-0.2, 0) is 32.0 Å². The summed E-state index contributed by atoms with van der Waals surface area (Å²) in [5, 5.41) is 6.43. The van der Waals surface area contributed by atoms with Crippen molar-refractivity contribution in [1.82, 2.24) is 20.5 Å². The molecule has 0 saturated carbocycles. The van der Waals surface area contributed by atoms with E-state index < -0.39 is 47.8 Å². The zero-order valence-corrected chi connectivity index (χ0v) is 26.8. The molecule has 2 aromatic carbocycles. The van der Waals surface area contributed by atoms with Gasteiger partial charge in [-0.15, -0.1) is 0 Å². The van der Waals surface area contributed by atoms with Crippen LogP contribution in [0, 0.1) is 0 Å². The van der Waals surface area contributed by atoms with E-state index in [0.717, 1.165) is 22.0 Å². The highest BCUT2D eigenvalue weighted by Gasteiger charge is 2.34. The van der Waals surface area contributed by atoms with Gasteiger partial charge in [0.15, 0.2) is 5.96 Å². The highest BCUT2D eigenvalue weighted by molar-refractivity contribution is 5.95. The van der Waals surface area contributed by atoms with E-state index in [4.69, 9.17) is 22.9 Å². The van der Waals surface area contributed by atoms with Gasteiger partial charge in [0.05, 0.1) is 12.1 Å². The van der Waals surface area contributed by atoms with Crippen LogP contribution in [-0.4, -0.2) is 95.8 Å². The maximum absolute atomic E-state index is 14.1. The maximum atomic E-state index is 14.1. The Hall–Kier alpha value is -5.57. The third-order valence-corrected chi connectivity index (χ3v) is 8.12. The number of aromatic amines is 1. The smallest absolute Gasteiger partial charge is 0.245 e. The molecule has 4 amide bonds. The molecule has 0 aliphatic carbocycles. The molecule has 2 heterocycles. The molecule has 1 aromatic heterocycles. The van der Waals surface area contributed by atoms with Gasteiger partial charge in [-0.3, -0.25) is 29.2 Å². The molecular weight excluding hydrogens is 614 g/mol. The van der Waals surface area contributed by atoms with Crippen LogP contribution in [0.5, 0.6) is 0 Å². The summed E-state index contributed by atoms with van der Waals surface area (Å²) in [6.07, 6.45) is 5.71. The predicted molar refractivity (Wildman–Crippen MR) is 185 cm³/mol. The number of H-pyrrole nitrogens is 1. The molecule has 0 radical (unpaired) electrons. The van der Waals surface area contributed by atoms with Crippen LogP contribution in [0.2, 0.25) is 0 Å². The number of nitrogens with one attached hydrogen (secondary N) is 3. The topological polar surface area (TPSA) is 253 Å². The average Bonchev–Trinajstić information content (AvgIpc) is 3.73. The molecule has 1 unspecified atom stereocenters. The fourth-order valence-corrected chi connectivity index (χ4v) is 5.52. The number of nitrogens with two attached hydrogens (primary N) is 4. The number of aliphatic imine (C=N–C) groups is 3. The average molecular weight is 658 g/mol. The number of guanidine groups is 1. The van der Waals surface area contributed by atoms with Crippen LogP contribution in [0.3, 0.4) is 0 Å². The second kappa shape index (κ2) is 16.8. The van der Waals surface area contributed by atoms with Gasteiger partial charge in [-0.1, -0.05) is 48.5 Å². The number of hydrogen-bond donors (Lipinski definition) is 7. The minimum atomic E-state index is -1.07. The van der Waals surface area contributed by atoms with Crippen molar-refractivity contribution in [3.63, 3.8) is 0 Å². The molecule has 4 rings (SSSR count). The Kier molecular flexibility index (Phi) is 12.4. The minimum Gasteiger partial charge on any atom is -0.370 e. The number of primary amides is 1. The summed E-state index contributed by atoms with van der Waals surface area (Å²) in [5.41, 5.74) is 25.3. The summed E-state index contributed by atoms with van der Waals surface area (Å²) in [6, 6.07) is 12.2. The second-order valence-corrected chi connectivity index (χ2v) is 11.7. The van der Waals surface area contributed by atoms with E-state index in [1.807, 2.05) is 54.6 Å². The second-order valence-electron chi connectivity index (χ2n) is 11.7. The lowest BCUT2D eigenvalue weighted by Crippen LogP contribution is -2.58. The highest BCUT2D eigenvalue weighted by atomic mass is 16.2. The van der Waals surface area contributed by atoms with Gasteiger partial charge in [-0.25, -0.2) is 4.99 Å². The first-order valence-electron chi connectivity index (χ1n) is 15.6. The van der Waals surface area contributed by atoms with Crippen molar-refractivity contribution in [2.75, 3.05) is 13.6 Å². The maximum Gasteiger partial charge on any atom is 0.245 e. The number of carbonyl (C=O) groups is 4. The zero-order chi connectivity index (χ0) is 34.6. The summed E-state index contributed by atoms with van der Waals surface area (Å²) in [6.45, 7) is 0.203. The van der Waals surface area contributed by atoms with E-state index >= 15 is 0 Å². The van der Waals surface area contributed by atoms with E-state index in [2.05, 4.69) is 30.6 Å². The number of benzene rings is 2. The van der Waals surface area contributed by atoms with Crippen molar-refractivity contribution >= 4 is 53.0 Å². The Bertz CT molecular complexity index is 1650. The summed E-state index contributed by atoms with van der Waals surface area (Å²) in [4.78, 5) is 70.3. The molecule has 5 atom stereocenters.